The number of aliphatic carboxylic acids is 1. The number of aliphatic hydroxyl groups excluding tert-OH is 3. The van der Waals surface area contributed by atoms with Crippen molar-refractivity contribution in [2.75, 3.05) is 6.61 Å². The molecule has 0 saturated heterocycles. The van der Waals surface area contributed by atoms with Gasteiger partial charge in [0.1, 0.15) is 6.10 Å². The molecule has 1 unspecified atom stereocenters. The summed E-state index contributed by atoms with van der Waals surface area (Å²) in [7, 11) is 0. The van der Waals surface area contributed by atoms with E-state index in [4.69, 9.17) is 20.1 Å². The first-order valence-corrected chi connectivity index (χ1v) is 4.60. The van der Waals surface area contributed by atoms with Crippen molar-refractivity contribution in [2.45, 2.75) is 44.7 Å². The molecule has 4 N–H and O–H groups in total. The van der Waals surface area contributed by atoms with Gasteiger partial charge < -0.3 is 25.2 Å². The Morgan fingerprint density at radius 2 is 1.87 bits per heavy atom. The van der Waals surface area contributed by atoms with E-state index in [2.05, 4.69) is 0 Å². The van der Waals surface area contributed by atoms with Crippen LogP contribution in [0.1, 0.15) is 20.8 Å². The van der Waals surface area contributed by atoms with Gasteiger partial charge in [-0.05, 0) is 20.8 Å². The normalized spacial score (nSPS) is 18.3. The van der Waals surface area contributed by atoms with Gasteiger partial charge in [-0.3, -0.25) is 0 Å². The van der Waals surface area contributed by atoms with E-state index >= 15 is 0 Å². The zero-order chi connectivity index (χ0) is 12.2. The van der Waals surface area contributed by atoms with Crippen molar-refractivity contribution < 1.29 is 30.0 Å². The van der Waals surface area contributed by atoms with E-state index in [1.54, 1.807) is 0 Å². The second-order valence-electron chi connectivity index (χ2n) is 3.92. The molecule has 90 valence electrons. The lowest BCUT2D eigenvalue weighted by atomic mass is 10.0. The third-order valence-electron chi connectivity index (χ3n) is 2.09. The Labute approximate surface area is 88.1 Å². The average molecular weight is 222 g/mol. The molecule has 0 rings (SSSR count). The fourth-order valence-electron chi connectivity index (χ4n) is 0.981. The van der Waals surface area contributed by atoms with Crippen LogP contribution in [0.3, 0.4) is 0 Å². The van der Waals surface area contributed by atoms with Crippen LogP contribution in [0.15, 0.2) is 0 Å². The van der Waals surface area contributed by atoms with Crippen molar-refractivity contribution in [3.8, 4) is 0 Å². The largest absolute Gasteiger partial charge is 0.479 e. The first-order valence-electron chi connectivity index (χ1n) is 4.60. The van der Waals surface area contributed by atoms with Crippen LogP contribution in [-0.2, 0) is 9.53 Å². The summed E-state index contributed by atoms with van der Waals surface area (Å²) in [6, 6.07) is 0. The van der Waals surface area contributed by atoms with Gasteiger partial charge >= 0.3 is 5.97 Å². The lowest BCUT2D eigenvalue weighted by Gasteiger charge is -2.33. The zero-order valence-electron chi connectivity index (χ0n) is 9.04. The number of carboxylic acids is 1. The Morgan fingerprint density at radius 3 is 2.13 bits per heavy atom. The Hall–Kier alpha value is -0.690. The number of hydrogen-bond acceptors (Lipinski definition) is 5. The molecule has 0 spiro atoms. The molecular formula is C9H18O6. The first-order chi connectivity index (χ1) is 6.72. The van der Waals surface area contributed by atoms with Crippen molar-refractivity contribution in [3.63, 3.8) is 0 Å². The van der Waals surface area contributed by atoms with E-state index in [-0.39, 0.29) is 0 Å². The molecule has 0 aromatic heterocycles. The highest BCUT2D eigenvalue weighted by Crippen LogP contribution is 2.19. The van der Waals surface area contributed by atoms with E-state index in [1.165, 1.54) is 20.8 Å². The van der Waals surface area contributed by atoms with Crippen molar-refractivity contribution in [3.05, 3.63) is 0 Å². The summed E-state index contributed by atoms with van der Waals surface area (Å²) in [6.07, 6.45) is -3.84. The molecule has 0 aliphatic rings. The second-order valence-corrected chi connectivity index (χ2v) is 3.92. The molecule has 3 atom stereocenters. The maximum absolute atomic E-state index is 10.7. The molecule has 0 amide bonds. The SMILES string of the molecule is C[C@H](O)C(OC(C)(C)[C@@H](O)CO)C(=O)O. The third kappa shape index (κ3) is 4.13. The van der Waals surface area contributed by atoms with Crippen LogP contribution in [0.5, 0.6) is 0 Å². The predicted octanol–water partition coefficient (Wildman–Crippen LogP) is -1.03. The predicted molar refractivity (Wildman–Crippen MR) is 51.4 cm³/mol. The Balaban J connectivity index is 4.59. The average Bonchev–Trinajstić information content (AvgIpc) is 2.11. The van der Waals surface area contributed by atoms with Crippen molar-refractivity contribution in [1.29, 1.82) is 0 Å². The lowest BCUT2D eigenvalue weighted by molar-refractivity contribution is -0.191. The Morgan fingerprint density at radius 1 is 1.40 bits per heavy atom. The fourth-order valence-corrected chi connectivity index (χ4v) is 0.981. The molecule has 0 aromatic rings. The highest BCUT2D eigenvalue weighted by Gasteiger charge is 2.36. The molecule has 0 fully saturated rings. The standard InChI is InChI=1S/C9H18O6/c1-5(11)7(8(13)14)15-9(2,3)6(12)4-10/h5-7,10-12H,4H2,1-3H3,(H,13,14)/t5-,6-,7?/m0/s1. The van der Waals surface area contributed by atoms with Gasteiger partial charge in [0.2, 0.25) is 0 Å². The van der Waals surface area contributed by atoms with Crippen LogP contribution in [0.2, 0.25) is 0 Å². The highest BCUT2D eigenvalue weighted by atomic mass is 16.6. The molecule has 15 heavy (non-hydrogen) atoms. The third-order valence-corrected chi connectivity index (χ3v) is 2.09. The number of carbonyl (C=O) groups is 1. The second kappa shape index (κ2) is 5.41. The van der Waals surface area contributed by atoms with E-state index in [1.807, 2.05) is 0 Å². The molecule has 0 bridgehead atoms. The molecule has 6 heteroatoms. The smallest absolute Gasteiger partial charge is 0.335 e. The minimum atomic E-state index is -1.43. The molecule has 6 nitrogen and oxygen atoms in total. The lowest BCUT2D eigenvalue weighted by Crippen LogP contribution is -2.48. The van der Waals surface area contributed by atoms with Crippen LogP contribution < -0.4 is 0 Å². The maximum Gasteiger partial charge on any atom is 0.335 e. The van der Waals surface area contributed by atoms with Gasteiger partial charge in [0.25, 0.3) is 0 Å². The van der Waals surface area contributed by atoms with Crippen molar-refractivity contribution in [1.82, 2.24) is 0 Å². The number of aliphatic hydroxyl groups is 3. The van der Waals surface area contributed by atoms with Crippen molar-refractivity contribution in [2.24, 2.45) is 0 Å². The number of ether oxygens (including phenoxy) is 1. The van der Waals surface area contributed by atoms with Gasteiger partial charge in [0.15, 0.2) is 6.10 Å². The number of carboxylic acid groups (broad SMARTS) is 1. The van der Waals surface area contributed by atoms with Crippen LogP contribution >= 0.6 is 0 Å². The minimum Gasteiger partial charge on any atom is -0.479 e. The van der Waals surface area contributed by atoms with Gasteiger partial charge in [-0.2, -0.15) is 0 Å². The van der Waals surface area contributed by atoms with Crippen LogP contribution in [-0.4, -0.2) is 56.9 Å². The maximum atomic E-state index is 10.7. The molecular weight excluding hydrogens is 204 g/mol. The highest BCUT2D eigenvalue weighted by molar-refractivity contribution is 5.73. The molecule has 0 aromatic carbocycles. The van der Waals surface area contributed by atoms with Crippen LogP contribution in [0, 0.1) is 0 Å². The van der Waals surface area contributed by atoms with Crippen LogP contribution in [0.4, 0.5) is 0 Å². The first kappa shape index (κ1) is 14.3. The van der Waals surface area contributed by atoms with Gasteiger partial charge in [0.05, 0.1) is 18.3 Å². The summed E-state index contributed by atoms with van der Waals surface area (Å²) in [6.45, 7) is 3.61. The van der Waals surface area contributed by atoms with Gasteiger partial charge in [-0.1, -0.05) is 0 Å². The molecule has 0 aliphatic heterocycles. The molecule has 0 heterocycles. The quantitative estimate of drug-likeness (QED) is 0.457. The summed E-state index contributed by atoms with van der Waals surface area (Å²) in [4.78, 5) is 10.7. The van der Waals surface area contributed by atoms with E-state index in [9.17, 15) is 9.90 Å². The van der Waals surface area contributed by atoms with Gasteiger partial charge in [-0.15, -0.1) is 0 Å². The molecule has 0 aliphatic carbocycles. The van der Waals surface area contributed by atoms with Crippen molar-refractivity contribution >= 4 is 5.97 Å². The van der Waals surface area contributed by atoms with E-state index < -0.39 is 36.5 Å². The summed E-state index contributed by atoms with van der Waals surface area (Å²) in [5.74, 6) is -1.32. The summed E-state index contributed by atoms with van der Waals surface area (Å²) >= 11 is 0. The van der Waals surface area contributed by atoms with Crippen LogP contribution in [0.25, 0.3) is 0 Å². The Bertz CT molecular complexity index is 213. The summed E-state index contributed by atoms with van der Waals surface area (Å²) < 4.78 is 5.05. The topological polar surface area (TPSA) is 107 Å². The fraction of sp³-hybridized carbons (Fsp3) is 0.889. The monoisotopic (exact) mass is 222 g/mol. The summed E-state index contributed by atoms with van der Waals surface area (Å²) in [5.41, 5.74) is -1.24. The van der Waals surface area contributed by atoms with Gasteiger partial charge in [-0.25, -0.2) is 4.79 Å². The van der Waals surface area contributed by atoms with E-state index in [0.29, 0.717) is 0 Å². The number of hydrogen-bond donors (Lipinski definition) is 4. The molecule has 0 saturated carbocycles. The Kier molecular flexibility index (Phi) is 5.16. The number of rotatable bonds is 6. The van der Waals surface area contributed by atoms with E-state index in [0.717, 1.165) is 0 Å². The summed E-state index contributed by atoms with van der Waals surface area (Å²) in [5, 5.41) is 36.0. The van der Waals surface area contributed by atoms with Gasteiger partial charge in [0, 0.05) is 0 Å². The zero-order valence-corrected chi connectivity index (χ0v) is 9.04. The minimum absolute atomic E-state index is 0.543. The molecule has 0 radical (unpaired) electrons.